The van der Waals surface area contributed by atoms with Crippen LogP contribution >= 0.6 is 12.2 Å². The largest absolute Gasteiger partial charge is 0.359 e. The zero-order valence-corrected chi connectivity index (χ0v) is 12.3. The number of benzene rings is 1. The van der Waals surface area contributed by atoms with Crippen LogP contribution in [0.5, 0.6) is 0 Å². The van der Waals surface area contributed by atoms with Crippen molar-refractivity contribution in [3.05, 3.63) is 24.3 Å². The van der Waals surface area contributed by atoms with E-state index in [0.717, 1.165) is 5.69 Å². The van der Waals surface area contributed by atoms with Gasteiger partial charge in [0.1, 0.15) is 0 Å². The maximum Gasteiger partial charge on any atom is 0.211 e. The van der Waals surface area contributed by atoms with Gasteiger partial charge in [-0.05, 0) is 42.9 Å². The molecule has 0 aliphatic carbocycles. The highest BCUT2D eigenvalue weighted by molar-refractivity contribution is 7.91. The van der Waals surface area contributed by atoms with Crippen LogP contribution in [0.4, 0.5) is 11.4 Å². The molecule has 1 amide bonds. The van der Waals surface area contributed by atoms with Gasteiger partial charge < -0.3 is 16.0 Å². The van der Waals surface area contributed by atoms with E-state index in [1.165, 1.54) is 0 Å². The van der Waals surface area contributed by atoms with Crippen molar-refractivity contribution < 1.29 is 13.2 Å². The van der Waals surface area contributed by atoms with Crippen LogP contribution in [0.3, 0.4) is 0 Å². The van der Waals surface area contributed by atoms with Crippen molar-refractivity contribution in [2.75, 3.05) is 22.1 Å². The molecule has 108 valence electrons. The molecule has 0 radical (unpaired) electrons. The monoisotopic (exact) mass is 313 g/mol. The number of carbonyl (C=O) groups excluding carboxylic acids is 1. The molecule has 1 unspecified atom stereocenters. The summed E-state index contributed by atoms with van der Waals surface area (Å²) in [5.41, 5.74) is 1.45. The number of sulfone groups is 1. The van der Waals surface area contributed by atoms with E-state index in [-0.39, 0.29) is 17.5 Å². The lowest BCUT2D eigenvalue weighted by molar-refractivity contribution is -0.105. The predicted molar refractivity (Wildman–Crippen MR) is 82.5 cm³/mol. The van der Waals surface area contributed by atoms with Crippen molar-refractivity contribution in [3.8, 4) is 0 Å². The van der Waals surface area contributed by atoms with Gasteiger partial charge in [-0.25, -0.2) is 8.42 Å². The van der Waals surface area contributed by atoms with Gasteiger partial charge in [0.05, 0.1) is 11.5 Å². The molecule has 0 bridgehead atoms. The number of nitrogens with one attached hydrogen (secondary N) is 3. The normalized spacial score (nSPS) is 20.1. The second-order valence-electron chi connectivity index (χ2n) is 4.54. The van der Waals surface area contributed by atoms with Gasteiger partial charge in [-0.15, -0.1) is 0 Å². The Morgan fingerprint density at radius 3 is 2.45 bits per heavy atom. The molecule has 1 saturated heterocycles. The molecule has 8 heteroatoms. The van der Waals surface area contributed by atoms with E-state index >= 15 is 0 Å². The first-order valence-electron chi connectivity index (χ1n) is 6.07. The number of hydrogen-bond donors (Lipinski definition) is 3. The van der Waals surface area contributed by atoms with Crippen molar-refractivity contribution in [1.29, 1.82) is 0 Å². The highest BCUT2D eigenvalue weighted by Crippen LogP contribution is 2.14. The third-order valence-electron chi connectivity index (χ3n) is 2.94. The third kappa shape index (κ3) is 4.17. The summed E-state index contributed by atoms with van der Waals surface area (Å²) in [7, 11) is -2.92. The first kappa shape index (κ1) is 14.7. The maximum absolute atomic E-state index is 11.3. The summed E-state index contributed by atoms with van der Waals surface area (Å²) < 4.78 is 22.7. The number of amides is 1. The molecule has 1 aromatic carbocycles. The van der Waals surface area contributed by atoms with Crippen LogP contribution in [-0.2, 0) is 14.6 Å². The average Bonchev–Trinajstić information content (AvgIpc) is 2.71. The number of rotatable bonds is 4. The molecule has 2 rings (SSSR count). The summed E-state index contributed by atoms with van der Waals surface area (Å²) in [4.78, 5) is 10.3. The minimum atomic E-state index is -2.92. The third-order valence-corrected chi connectivity index (χ3v) is 4.92. The predicted octanol–water partition coefficient (Wildman–Crippen LogP) is 0.728. The Hall–Kier alpha value is -1.67. The van der Waals surface area contributed by atoms with E-state index in [9.17, 15) is 13.2 Å². The van der Waals surface area contributed by atoms with Crippen LogP contribution in [0.1, 0.15) is 6.42 Å². The Balaban J connectivity index is 1.87. The van der Waals surface area contributed by atoms with Gasteiger partial charge in [-0.2, -0.15) is 0 Å². The number of anilines is 2. The molecule has 1 atom stereocenters. The van der Waals surface area contributed by atoms with Crippen molar-refractivity contribution in [2.24, 2.45) is 0 Å². The van der Waals surface area contributed by atoms with Gasteiger partial charge in [0.2, 0.25) is 6.41 Å². The topological polar surface area (TPSA) is 87.3 Å². The molecular weight excluding hydrogens is 298 g/mol. The van der Waals surface area contributed by atoms with Gasteiger partial charge in [0, 0.05) is 17.4 Å². The second-order valence-corrected chi connectivity index (χ2v) is 7.17. The lowest BCUT2D eigenvalue weighted by atomic mass is 10.2. The lowest BCUT2D eigenvalue weighted by Crippen LogP contribution is -2.38. The Kier molecular flexibility index (Phi) is 4.56. The van der Waals surface area contributed by atoms with Crippen LogP contribution in [0, 0.1) is 0 Å². The number of carbonyl (C=O) groups is 1. The number of thiocarbonyl (C=S) groups is 1. The highest BCUT2D eigenvalue weighted by atomic mass is 32.2. The fourth-order valence-electron chi connectivity index (χ4n) is 1.98. The van der Waals surface area contributed by atoms with E-state index in [1.807, 2.05) is 0 Å². The summed E-state index contributed by atoms with van der Waals surface area (Å²) >= 11 is 5.14. The molecule has 1 aliphatic heterocycles. The molecule has 1 heterocycles. The SMILES string of the molecule is O=CNc1ccc(NC(=S)NC2CCS(=O)(=O)C2)cc1. The fourth-order valence-corrected chi connectivity index (χ4v) is 3.94. The Morgan fingerprint density at radius 1 is 1.25 bits per heavy atom. The van der Waals surface area contributed by atoms with E-state index in [2.05, 4.69) is 16.0 Å². The fraction of sp³-hybridized carbons (Fsp3) is 0.333. The molecule has 0 spiro atoms. The van der Waals surface area contributed by atoms with Crippen LogP contribution in [0.2, 0.25) is 0 Å². The zero-order valence-electron chi connectivity index (χ0n) is 10.6. The van der Waals surface area contributed by atoms with Crippen LogP contribution < -0.4 is 16.0 Å². The first-order valence-corrected chi connectivity index (χ1v) is 8.30. The van der Waals surface area contributed by atoms with E-state index in [0.29, 0.717) is 23.6 Å². The summed E-state index contributed by atoms with van der Waals surface area (Å²) in [6.45, 7) is 0. The minimum absolute atomic E-state index is 0.122. The number of hydrogen-bond acceptors (Lipinski definition) is 4. The van der Waals surface area contributed by atoms with Crippen LogP contribution in [-0.4, -0.2) is 37.5 Å². The summed E-state index contributed by atoms with van der Waals surface area (Å²) in [6, 6.07) is 6.88. The van der Waals surface area contributed by atoms with Crippen molar-refractivity contribution in [1.82, 2.24) is 5.32 Å². The first-order chi connectivity index (χ1) is 9.48. The average molecular weight is 313 g/mol. The molecule has 0 aromatic heterocycles. The Morgan fingerprint density at radius 2 is 1.90 bits per heavy atom. The smallest absolute Gasteiger partial charge is 0.211 e. The minimum Gasteiger partial charge on any atom is -0.359 e. The lowest BCUT2D eigenvalue weighted by Gasteiger charge is -2.15. The van der Waals surface area contributed by atoms with Gasteiger partial charge in [-0.1, -0.05) is 0 Å². The van der Waals surface area contributed by atoms with E-state index < -0.39 is 9.84 Å². The molecule has 20 heavy (non-hydrogen) atoms. The summed E-state index contributed by atoms with van der Waals surface area (Å²) in [5, 5.41) is 8.89. The van der Waals surface area contributed by atoms with Gasteiger partial charge in [-0.3, -0.25) is 4.79 Å². The van der Waals surface area contributed by atoms with Gasteiger partial charge >= 0.3 is 0 Å². The summed E-state index contributed by atoms with van der Waals surface area (Å²) in [5.74, 6) is 0.330. The quantitative estimate of drug-likeness (QED) is 0.561. The molecule has 0 saturated carbocycles. The molecular formula is C12H15N3O3S2. The van der Waals surface area contributed by atoms with Gasteiger partial charge in [0.25, 0.3) is 0 Å². The van der Waals surface area contributed by atoms with E-state index in [1.54, 1.807) is 24.3 Å². The maximum atomic E-state index is 11.3. The van der Waals surface area contributed by atoms with Crippen LogP contribution in [0.25, 0.3) is 0 Å². The van der Waals surface area contributed by atoms with Crippen molar-refractivity contribution in [2.45, 2.75) is 12.5 Å². The van der Waals surface area contributed by atoms with Crippen molar-refractivity contribution in [3.63, 3.8) is 0 Å². The summed E-state index contributed by atoms with van der Waals surface area (Å²) in [6.07, 6.45) is 1.18. The van der Waals surface area contributed by atoms with E-state index in [4.69, 9.17) is 12.2 Å². The standard InChI is InChI=1S/C12H15N3O3S2/c16-8-13-9-1-3-10(4-2-9)14-12(19)15-11-5-6-20(17,18)7-11/h1-4,8,11H,5-7H2,(H,13,16)(H2,14,15,19). The molecule has 1 aliphatic rings. The highest BCUT2D eigenvalue weighted by Gasteiger charge is 2.28. The van der Waals surface area contributed by atoms with Crippen molar-refractivity contribution >= 4 is 45.0 Å². The molecule has 1 aromatic rings. The molecule has 3 N–H and O–H groups in total. The molecule has 6 nitrogen and oxygen atoms in total. The second kappa shape index (κ2) is 6.19. The Bertz CT molecular complexity index is 599. The Labute approximate surface area is 122 Å². The van der Waals surface area contributed by atoms with Gasteiger partial charge in [0.15, 0.2) is 14.9 Å². The zero-order chi connectivity index (χ0) is 14.6. The molecule has 1 fully saturated rings. The van der Waals surface area contributed by atoms with Crippen LogP contribution in [0.15, 0.2) is 24.3 Å².